The summed E-state index contributed by atoms with van der Waals surface area (Å²) in [4.78, 5) is 42.6. The summed E-state index contributed by atoms with van der Waals surface area (Å²) in [5.41, 5.74) is 11.5. The third-order valence-electron chi connectivity index (χ3n) is 8.01. The highest BCUT2D eigenvalue weighted by Crippen LogP contribution is 2.39. The molecule has 3 aromatic rings. The van der Waals surface area contributed by atoms with Gasteiger partial charge in [-0.1, -0.05) is 72.8 Å². The van der Waals surface area contributed by atoms with Crippen molar-refractivity contribution in [2.75, 3.05) is 26.7 Å². The maximum absolute atomic E-state index is 14.1. The predicted molar refractivity (Wildman–Crippen MR) is 155 cm³/mol. The van der Waals surface area contributed by atoms with Gasteiger partial charge in [-0.15, -0.1) is 0 Å². The second-order valence-corrected chi connectivity index (χ2v) is 10.8. The van der Waals surface area contributed by atoms with Gasteiger partial charge in [-0.05, 0) is 41.7 Å². The van der Waals surface area contributed by atoms with E-state index in [-0.39, 0.29) is 36.9 Å². The molecule has 3 aromatic carbocycles. The number of benzene rings is 3. The van der Waals surface area contributed by atoms with Gasteiger partial charge in [0.25, 0.3) is 5.91 Å². The number of rotatable bonds is 10. The lowest BCUT2D eigenvalue weighted by atomic mass is 9.72. The van der Waals surface area contributed by atoms with E-state index >= 15 is 0 Å². The summed E-state index contributed by atoms with van der Waals surface area (Å²) in [6, 6.07) is 25.6. The van der Waals surface area contributed by atoms with Crippen molar-refractivity contribution in [3.05, 3.63) is 107 Å². The molecule has 3 unspecified atom stereocenters. The number of hydrogen-bond acceptors (Lipinski definition) is 6. The zero-order chi connectivity index (χ0) is 28.8. The van der Waals surface area contributed by atoms with Gasteiger partial charge in [-0.25, -0.2) is 5.43 Å². The van der Waals surface area contributed by atoms with E-state index in [0.29, 0.717) is 38.1 Å². The molecule has 0 radical (unpaired) electrons. The molecule has 0 aromatic heterocycles. The van der Waals surface area contributed by atoms with Crippen molar-refractivity contribution < 1.29 is 19.1 Å². The number of nitrogens with two attached hydrogens (primary N) is 1. The van der Waals surface area contributed by atoms with Gasteiger partial charge < -0.3 is 20.7 Å². The lowest BCUT2D eigenvalue weighted by Gasteiger charge is -2.43. The number of carbonyl (C=O) groups excluding carboxylic acids is 3. The Hall–Kier alpha value is -4.05. The monoisotopic (exact) mass is 555 g/mol. The van der Waals surface area contributed by atoms with Crippen molar-refractivity contribution in [2.45, 2.75) is 38.1 Å². The Morgan fingerprint density at radius 3 is 2.41 bits per heavy atom. The molecule has 214 valence electrons. The maximum atomic E-state index is 14.1. The highest BCUT2D eigenvalue weighted by Gasteiger charge is 2.56. The summed E-state index contributed by atoms with van der Waals surface area (Å²) in [5, 5.41) is 4.45. The Morgan fingerprint density at radius 1 is 1.02 bits per heavy atom. The molecule has 0 spiro atoms. The third kappa shape index (κ3) is 6.32. The highest BCUT2D eigenvalue weighted by molar-refractivity contribution is 5.98. The van der Waals surface area contributed by atoms with Crippen LogP contribution in [0.2, 0.25) is 0 Å². The van der Waals surface area contributed by atoms with Crippen LogP contribution in [0.15, 0.2) is 84.9 Å². The Labute approximate surface area is 240 Å². The number of fused-ring (bicyclic) bond motifs is 1. The van der Waals surface area contributed by atoms with E-state index in [2.05, 4.69) is 10.7 Å². The lowest BCUT2D eigenvalue weighted by molar-refractivity contribution is -0.144. The first-order valence-corrected chi connectivity index (χ1v) is 14.0. The first kappa shape index (κ1) is 28.5. The van der Waals surface area contributed by atoms with Gasteiger partial charge in [-0.3, -0.25) is 19.4 Å². The Kier molecular flexibility index (Phi) is 8.78. The number of hydrazine groups is 1. The average Bonchev–Trinajstić information content (AvgIpc) is 3.25. The van der Waals surface area contributed by atoms with Crippen LogP contribution in [-0.2, 0) is 33.9 Å². The van der Waals surface area contributed by atoms with E-state index in [9.17, 15) is 14.4 Å². The number of likely N-dealkylation sites (tertiary alicyclic amines) is 1. The summed E-state index contributed by atoms with van der Waals surface area (Å²) in [6.07, 6.45) is 1.12. The van der Waals surface area contributed by atoms with Crippen molar-refractivity contribution >= 4 is 17.7 Å². The average molecular weight is 556 g/mol. The minimum absolute atomic E-state index is 0.00619. The third-order valence-corrected chi connectivity index (χ3v) is 8.01. The molecule has 9 heteroatoms. The van der Waals surface area contributed by atoms with Crippen molar-refractivity contribution in [1.29, 1.82) is 0 Å². The van der Waals surface area contributed by atoms with Crippen LogP contribution in [0.5, 0.6) is 0 Å². The van der Waals surface area contributed by atoms with E-state index in [1.54, 1.807) is 35.2 Å². The molecule has 2 heterocycles. The van der Waals surface area contributed by atoms with E-state index in [1.807, 2.05) is 66.7 Å². The van der Waals surface area contributed by atoms with Crippen molar-refractivity contribution in [3.63, 3.8) is 0 Å². The molecule has 2 aliphatic heterocycles. The number of piperidine rings is 1. The van der Waals surface area contributed by atoms with Crippen LogP contribution >= 0.6 is 0 Å². The standard InChI is InChI=1S/C32H37N5O4/c1-36-31(40)32(18-23-9-4-2-5-10-23)22-37(16-15-28(32)35-36)30(39)27(21-41-20-24-11-6-3-7-12-24)34-29(38)26-14-8-13-25(17-26)19-33/h2-14,17,27-28,35H,15-16,18-22,33H2,1H3,(H,34,38). The fraction of sp³-hybridized carbons (Fsp3) is 0.344. The molecule has 0 bridgehead atoms. The normalized spacial score (nSPS) is 20.9. The second-order valence-electron chi connectivity index (χ2n) is 10.8. The fourth-order valence-corrected chi connectivity index (χ4v) is 5.87. The van der Waals surface area contributed by atoms with Crippen LogP contribution < -0.4 is 16.5 Å². The predicted octanol–water partition coefficient (Wildman–Crippen LogP) is 2.27. The van der Waals surface area contributed by atoms with E-state index in [4.69, 9.17) is 10.5 Å². The smallest absolute Gasteiger partial charge is 0.252 e. The summed E-state index contributed by atoms with van der Waals surface area (Å²) in [6.45, 7) is 1.31. The molecule has 41 heavy (non-hydrogen) atoms. The number of ether oxygens (including phenoxy) is 1. The summed E-state index contributed by atoms with van der Waals surface area (Å²) >= 11 is 0. The summed E-state index contributed by atoms with van der Waals surface area (Å²) in [7, 11) is 1.73. The molecule has 0 aliphatic carbocycles. The largest absolute Gasteiger partial charge is 0.374 e. The minimum Gasteiger partial charge on any atom is -0.374 e. The van der Waals surface area contributed by atoms with E-state index in [0.717, 1.165) is 16.7 Å². The Morgan fingerprint density at radius 2 is 1.71 bits per heavy atom. The van der Waals surface area contributed by atoms with Gasteiger partial charge in [0, 0.05) is 38.3 Å². The van der Waals surface area contributed by atoms with Crippen LogP contribution in [0.3, 0.4) is 0 Å². The van der Waals surface area contributed by atoms with Gasteiger partial charge in [0.05, 0.1) is 18.6 Å². The molecular formula is C32H37N5O4. The summed E-state index contributed by atoms with van der Waals surface area (Å²) in [5.74, 6) is -0.688. The van der Waals surface area contributed by atoms with Crippen molar-refractivity contribution in [1.82, 2.24) is 20.7 Å². The highest BCUT2D eigenvalue weighted by atomic mass is 16.5. The van der Waals surface area contributed by atoms with Crippen molar-refractivity contribution in [2.24, 2.45) is 11.1 Å². The number of carbonyl (C=O) groups is 3. The number of hydrogen-bond donors (Lipinski definition) is 3. The van der Waals surface area contributed by atoms with Gasteiger partial charge in [0.1, 0.15) is 6.04 Å². The summed E-state index contributed by atoms with van der Waals surface area (Å²) < 4.78 is 5.95. The molecule has 4 N–H and O–H groups in total. The van der Waals surface area contributed by atoms with Gasteiger partial charge in [0.2, 0.25) is 11.8 Å². The molecule has 3 atom stereocenters. The van der Waals surface area contributed by atoms with Crippen LogP contribution in [0.25, 0.3) is 0 Å². The SMILES string of the molecule is CN1NC2CCN(C(=O)C(COCc3ccccc3)NC(=O)c3cccc(CN)c3)CC2(Cc2ccccc2)C1=O. The zero-order valence-electron chi connectivity index (χ0n) is 23.3. The topological polar surface area (TPSA) is 117 Å². The van der Waals surface area contributed by atoms with Crippen LogP contribution in [0, 0.1) is 5.41 Å². The minimum atomic E-state index is -0.930. The van der Waals surface area contributed by atoms with Crippen LogP contribution in [0.4, 0.5) is 0 Å². The van der Waals surface area contributed by atoms with Crippen molar-refractivity contribution in [3.8, 4) is 0 Å². The molecule has 2 fully saturated rings. The first-order chi connectivity index (χ1) is 19.9. The van der Waals surface area contributed by atoms with Gasteiger partial charge >= 0.3 is 0 Å². The van der Waals surface area contributed by atoms with E-state index < -0.39 is 11.5 Å². The van der Waals surface area contributed by atoms with E-state index in [1.165, 1.54) is 0 Å². The molecule has 5 rings (SSSR count). The lowest BCUT2D eigenvalue weighted by Crippen LogP contribution is -2.60. The molecule has 2 aliphatic rings. The molecule has 2 saturated heterocycles. The second kappa shape index (κ2) is 12.6. The Bertz CT molecular complexity index is 1370. The van der Waals surface area contributed by atoms with Gasteiger partial charge in [0.15, 0.2) is 0 Å². The molecular weight excluding hydrogens is 518 g/mol. The number of nitrogens with zero attached hydrogens (tertiary/aromatic N) is 2. The molecule has 9 nitrogen and oxygen atoms in total. The molecule has 3 amide bonds. The fourth-order valence-electron chi connectivity index (χ4n) is 5.87. The van der Waals surface area contributed by atoms with Crippen LogP contribution in [0.1, 0.15) is 33.5 Å². The quantitative estimate of drug-likeness (QED) is 0.354. The maximum Gasteiger partial charge on any atom is 0.252 e. The number of nitrogens with one attached hydrogen (secondary N) is 2. The van der Waals surface area contributed by atoms with Gasteiger partial charge in [-0.2, -0.15) is 0 Å². The first-order valence-electron chi connectivity index (χ1n) is 14.0. The Balaban J connectivity index is 1.37. The molecule has 0 saturated carbocycles. The zero-order valence-corrected chi connectivity index (χ0v) is 23.3. The van der Waals surface area contributed by atoms with Crippen LogP contribution in [-0.4, -0.2) is 66.5 Å². The number of amides is 3.